The van der Waals surface area contributed by atoms with Gasteiger partial charge in [0.1, 0.15) is 6.54 Å². The van der Waals surface area contributed by atoms with Crippen molar-refractivity contribution in [1.82, 2.24) is 14.8 Å². The highest BCUT2D eigenvalue weighted by atomic mass is 19.4. The number of carbonyl (C=O) groups is 1. The van der Waals surface area contributed by atoms with Crippen molar-refractivity contribution >= 4 is 22.5 Å². The van der Waals surface area contributed by atoms with Crippen molar-refractivity contribution in [3.63, 3.8) is 0 Å². The second-order valence-corrected chi connectivity index (χ2v) is 7.13. The van der Waals surface area contributed by atoms with Gasteiger partial charge >= 0.3 is 12.4 Å². The molecular formula is C22H14F6N4O. The number of hydrogen-bond acceptors (Lipinski definition) is 3. The highest BCUT2D eigenvalue weighted by molar-refractivity contribution is 6.10. The number of amides is 1. The zero-order chi connectivity index (χ0) is 23.8. The van der Waals surface area contributed by atoms with E-state index in [0.29, 0.717) is 27.7 Å². The molecule has 0 bridgehead atoms. The molecule has 2 aromatic carbocycles. The first-order valence-corrected chi connectivity index (χ1v) is 9.47. The van der Waals surface area contributed by atoms with Gasteiger partial charge in [-0.05, 0) is 42.0 Å². The lowest BCUT2D eigenvalue weighted by atomic mass is 10.0. The molecule has 2 aromatic heterocycles. The molecule has 1 amide bonds. The maximum atomic E-state index is 12.7. The van der Waals surface area contributed by atoms with Gasteiger partial charge in [0.2, 0.25) is 0 Å². The van der Waals surface area contributed by atoms with Crippen molar-refractivity contribution < 1.29 is 31.1 Å². The number of carbonyl (C=O) groups excluding carboxylic acids is 1. The molecule has 5 nitrogen and oxygen atoms in total. The molecule has 2 heterocycles. The number of pyridine rings is 1. The Morgan fingerprint density at radius 1 is 0.970 bits per heavy atom. The van der Waals surface area contributed by atoms with Crippen LogP contribution in [0, 0.1) is 0 Å². The van der Waals surface area contributed by atoms with Crippen molar-refractivity contribution in [3.8, 4) is 11.1 Å². The SMILES string of the molecule is O=C(Nc1cccc2c(-c3cnn(CC(F)(F)F)c3)ccnc12)c1ccc(C(F)(F)F)cc1. The minimum Gasteiger partial charge on any atom is -0.320 e. The fraction of sp³-hybridized carbons (Fsp3) is 0.136. The predicted octanol–water partition coefficient (Wildman–Crippen LogP) is 5.93. The van der Waals surface area contributed by atoms with E-state index in [1.54, 1.807) is 24.3 Å². The maximum absolute atomic E-state index is 12.7. The quantitative estimate of drug-likeness (QED) is 0.381. The van der Waals surface area contributed by atoms with Crippen molar-refractivity contribution in [2.75, 3.05) is 5.32 Å². The molecule has 0 unspecified atom stereocenters. The van der Waals surface area contributed by atoms with Gasteiger partial charge < -0.3 is 5.32 Å². The summed E-state index contributed by atoms with van der Waals surface area (Å²) in [7, 11) is 0. The van der Waals surface area contributed by atoms with E-state index in [-0.39, 0.29) is 5.56 Å². The van der Waals surface area contributed by atoms with Crippen molar-refractivity contribution in [2.24, 2.45) is 0 Å². The second kappa shape index (κ2) is 8.23. The molecular weight excluding hydrogens is 450 g/mol. The van der Waals surface area contributed by atoms with Crippen LogP contribution in [0.25, 0.3) is 22.0 Å². The lowest BCUT2D eigenvalue weighted by molar-refractivity contribution is -0.142. The number of para-hydroxylation sites is 1. The highest BCUT2D eigenvalue weighted by Gasteiger charge is 2.30. The summed E-state index contributed by atoms with van der Waals surface area (Å²) in [4.78, 5) is 16.8. The van der Waals surface area contributed by atoms with Crippen LogP contribution in [0.15, 0.2) is 67.1 Å². The fourth-order valence-electron chi connectivity index (χ4n) is 3.31. The van der Waals surface area contributed by atoms with E-state index in [1.165, 1.54) is 18.6 Å². The van der Waals surface area contributed by atoms with E-state index >= 15 is 0 Å². The largest absolute Gasteiger partial charge is 0.416 e. The van der Waals surface area contributed by atoms with E-state index in [0.717, 1.165) is 28.9 Å². The number of rotatable bonds is 4. The Morgan fingerprint density at radius 3 is 2.36 bits per heavy atom. The number of aromatic nitrogens is 3. The third-order valence-corrected chi connectivity index (χ3v) is 4.78. The van der Waals surface area contributed by atoms with Gasteiger partial charge in [0.25, 0.3) is 5.91 Å². The normalized spacial score (nSPS) is 12.2. The molecule has 0 radical (unpaired) electrons. The van der Waals surface area contributed by atoms with E-state index in [9.17, 15) is 31.1 Å². The Labute approximate surface area is 182 Å². The average molecular weight is 464 g/mol. The summed E-state index contributed by atoms with van der Waals surface area (Å²) in [5, 5.41) is 6.92. The molecule has 0 atom stereocenters. The molecule has 0 aliphatic carbocycles. The summed E-state index contributed by atoms with van der Waals surface area (Å²) in [5.74, 6) is -0.638. The van der Waals surface area contributed by atoms with Crippen molar-refractivity contribution in [3.05, 3.63) is 78.2 Å². The summed E-state index contributed by atoms with van der Waals surface area (Å²) in [6.45, 7) is -1.23. The van der Waals surface area contributed by atoms with Gasteiger partial charge in [-0.1, -0.05) is 12.1 Å². The number of anilines is 1. The van der Waals surface area contributed by atoms with Gasteiger partial charge in [0, 0.05) is 28.9 Å². The lowest BCUT2D eigenvalue weighted by Crippen LogP contribution is -2.17. The van der Waals surface area contributed by atoms with Crippen LogP contribution in [0.3, 0.4) is 0 Å². The van der Waals surface area contributed by atoms with Gasteiger partial charge in [-0.2, -0.15) is 31.4 Å². The number of alkyl halides is 6. The number of fused-ring (bicyclic) bond motifs is 1. The summed E-state index contributed by atoms with van der Waals surface area (Å²) in [6.07, 6.45) is -4.94. The minimum atomic E-state index is -4.52. The van der Waals surface area contributed by atoms with Crippen LogP contribution in [0.1, 0.15) is 15.9 Å². The van der Waals surface area contributed by atoms with Crippen LogP contribution in [-0.4, -0.2) is 26.8 Å². The molecule has 0 aliphatic rings. The highest BCUT2D eigenvalue weighted by Crippen LogP contribution is 2.32. The fourth-order valence-corrected chi connectivity index (χ4v) is 3.31. The number of hydrogen-bond donors (Lipinski definition) is 1. The number of halogens is 6. The van der Waals surface area contributed by atoms with Crippen molar-refractivity contribution in [1.29, 1.82) is 0 Å². The first-order valence-electron chi connectivity index (χ1n) is 9.47. The number of benzene rings is 2. The van der Waals surface area contributed by atoms with E-state index in [2.05, 4.69) is 15.4 Å². The predicted molar refractivity (Wildman–Crippen MR) is 108 cm³/mol. The molecule has 4 aromatic rings. The molecule has 11 heteroatoms. The standard InChI is InChI=1S/C22H14F6N4O/c23-21(24,25)12-32-11-14(10-30-32)16-8-9-29-19-17(16)2-1-3-18(19)31-20(33)13-4-6-15(7-5-13)22(26,27)28/h1-11H,12H2,(H,31,33). The molecule has 0 saturated carbocycles. The van der Waals surface area contributed by atoms with Gasteiger partial charge in [0.05, 0.1) is 23.0 Å². The first-order chi connectivity index (χ1) is 15.5. The van der Waals surface area contributed by atoms with Gasteiger partial charge in [0.15, 0.2) is 0 Å². The topological polar surface area (TPSA) is 59.8 Å². The van der Waals surface area contributed by atoms with Gasteiger partial charge in [-0.15, -0.1) is 0 Å². The van der Waals surface area contributed by atoms with E-state index in [4.69, 9.17) is 0 Å². The summed E-state index contributed by atoms with van der Waals surface area (Å²) >= 11 is 0. The zero-order valence-electron chi connectivity index (χ0n) is 16.6. The third-order valence-electron chi connectivity index (χ3n) is 4.78. The Balaban J connectivity index is 1.63. The molecule has 33 heavy (non-hydrogen) atoms. The number of nitrogens with zero attached hydrogens (tertiary/aromatic N) is 3. The molecule has 170 valence electrons. The number of nitrogens with one attached hydrogen (secondary N) is 1. The van der Waals surface area contributed by atoms with E-state index < -0.39 is 30.4 Å². The Kier molecular flexibility index (Phi) is 5.56. The monoisotopic (exact) mass is 464 g/mol. The van der Waals surface area contributed by atoms with Crippen LogP contribution in [0.4, 0.5) is 32.0 Å². The average Bonchev–Trinajstić information content (AvgIpc) is 3.19. The Morgan fingerprint density at radius 2 is 1.70 bits per heavy atom. The maximum Gasteiger partial charge on any atom is 0.416 e. The molecule has 0 saturated heterocycles. The van der Waals surface area contributed by atoms with Gasteiger partial charge in [-0.3, -0.25) is 14.5 Å². The zero-order valence-corrected chi connectivity index (χ0v) is 16.6. The Bertz CT molecular complexity index is 1310. The van der Waals surface area contributed by atoms with Crippen LogP contribution < -0.4 is 5.32 Å². The van der Waals surface area contributed by atoms with Crippen LogP contribution in [0.5, 0.6) is 0 Å². The van der Waals surface area contributed by atoms with Crippen LogP contribution in [0.2, 0.25) is 0 Å². The minimum absolute atomic E-state index is 0.0181. The summed E-state index contributed by atoms with van der Waals surface area (Å²) in [5.41, 5.74) is 0.781. The first kappa shape index (κ1) is 22.3. The Hall–Kier alpha value is -3.89. The summed E-state index contributed by atoms with van der Waals surface area (Å²) < 4.78 is 76.9. The molecule has 1 N–H and O–H groups in total. The third kappa shape index (κ3) is 4.97. The molecule has 0 aliphatic heterocycles. The van der Waals surface area contributed by atoms with Gasteiger partial charge in [-0.25, -0.2) is 0 Å². The van der Waals surface area contributed by atoms with Crippen molar-refractivity contribution in [2.45, 2.75) is 18.9 Å². The van der Waals surface area contributed by atoms with Crippen LogP contribution in [-0.2, 0) is 12.7 Å². The smallest absolute Gasteiger partial charge is 0.320 e. The molecule has 4 rings (SSSR count). The van der Waals surface area contributed by atoms with E-state index in [1.807, 2.05) is 0 Å². The molecule has 0 fully saturated rings. The second-order valence-electron chi connectivity index (χ2n) is 7.13. The molecule has 0 spiro atoms. The lowest BCUT2D eigenvalue weighted by Gasteiger charge is -2.11. The van der Waals surface area contributed by atoms with Crippen LogP contribution >= 0.6 is 0 Å². The summed E-state index contributed by atoms with van der Waals surface area (Å²) in [6, 6.07) is 10.2.